The Morgan fingerprint density at radius 2 is 2.10 bits per heavy atom. The second-order valence-corrected chi connectivity index (χ2v) is 4.32. The highest BCUT2D eigenvalue weighted by molar-refractivity contribution is 5.98. The third-order valence-electron chi connectivity index (χ3n) is 2.96. The van der Waals surface area contributed by atoms with Crippen LogP contribution in [0.5, 0.6) is 0 Å². The molecule has 0 aliphatic rings. The average molecular weight is 268 g/mol. The van der Waals surface area contributed by atoms with Gasteiger partial charge in [0, 0.05) is 5.39 Å². The molecule has 1 aromatic carbocycles. The smallest absolute Gasteiger partial charge is 0.339 e. The van der Waals surface area contributed by atoms with Crippen LogP contribution in [-0.2, 0) is 6.54 Å². The first-order chi connectivity index (χ1) is 9.74. The molecule has 0 radical (unpaired) electrons. The van der Waals surface area contributed by atoms with Crippen molar-refractivity contribution in [2.75, 3.05) is 5.32 Å². The van der Waals surface area contributed by atoms with Gasteiger partial charge in [0.25, 0.3) is 0 Å². The van der Waals surface area contributed by atoms with Crippen molar-refractivity contribution in [2.24, 2.45) is 0 Å². The molecule has 0 spiro atoms. The van der Waals surface area contributed by atoms with Gasteiger partial charge in [-0.25, -0.2) is 9.78 Å². The van der Waals surface area contributed by atoms with Crippen LogP contribution in [0.4, 0.5) is 5.82 Å². The first-order valence-corrected chi connectivity index (χ1v) is 6.13. The summed E-state index contributed by atoms with van der Waals surface area (Å²) >= 11 is 0. The number of aromatic nitrogens is 1. The number of carbonyl (C=O) groups is 1. The van der Waals surface area contributed by atoms with E-state index in [9.17, 15) is 9.90 Å². The number of anilines is 1. The van der Waals surface area contributed by atoms with Crippen LogP contribution >= 0.6 is 0 Å². The van der Waals surface area contributed by atoms with E-state index in [1.54, 1.807) is 18.4 Å². The zero-order valence-electron chi connectivity index (χ0n) is 10.5. The fourth-order valence-electron chi connectivity index (χ4n) is 2.00. The van der Waals surface area contributed by atoms with Crippen molar-refractivity contribution in [3.63, 3.8) is 0 Å². The van der Waals surface area contributed by atoms with E-state index >= 15 is 0 Å². The van der Waals surface area contributed by atoms with Gasteiger partial charge in [-0.2, -0.15) is 0 Å². The lowest BCUT2D eigenvalue weighted by Gasteiger charge is -2.09. The van der Waals surface area contributed by atoms with Crippen LogP contribution < -0.4 is 5.32 Å². The van der Waals surface area contributed by atoms with Gasteiger partial charge in [-0.1, -0.05) is 18.2 Å². The third kappa shape index (κ3) is 2.33. The van der Waals surface area contributed by atoms with Crippen molar-refractivity contribution >= 4 is 22.7 Å². The van der Waals surface area contributed by atoms with Gasteiger partial charge in [-0.3, -0.25) is 0 Å². The Morgan fingerprint density at radius 1 is 1.25 bits per heavy atom. The number of carboxylic acids is 1. The molecule has 100 valence electrons. The van der Waals surface area contributed by atoms with Crippen LogP contribution in [0.25, 0.3) is 10.9 Å². The molecule has 0 bridgehead atoms. The number of carboxylic acid groups (broad SMARTS) is 1. The van der Waals surface area contributed by atoms with Gasteiger partial charge in [0.05, 0.1) is 18.3 Å². The molecule has 0 amide bonds. The van der Waals surface area contributed by atoms with Gasteiger partial charge < -0.3 is 14.8 Å². The van der Waals surface area contributed by atoms with E-state index in [1.165, 1.54) is 0 Å². The molecule has 3 aromatic rings. The first-order valence-electron chi connectivity index (χ1n) is 6.13. The van der Waals surface area contributed by atoms with Crippen LogP contribution in [0.3, 0.4) is 0 Å². The topological polar surface area (TPSA) is 75.4 Å². The van der Waals surface area contributed by atoms with Gasteiger partial charge in [0.2, 0.25) is 0 Å². The minimum atomic E-state index is -1.01. The summed E-state index contributed by atoms with van der Waals surface area (Å²) < 4.78 is 5.21. The Hall–Kier alpha value is -2.82. The van der Waals surface area contributed by atoms with Gasteiger partial charge in [0.1, 0.15) is 17.1 Å². The zero-order valence-corrected chi connectivity index (χ0v) is 10.5. The van der Waals surface area contributed by atoms with Crippen LogP contribution in [-0.4, -0.2) is 16.1 Å². The molecular weight excluding hydrogens is 256 g/mol. The molecular formula is C15H12N2O3. The third-order valence-corrected chi connectivity index (χ3v) is 2.96. The number of nitrogens with zero attached hydrogens (tertiary/aromatic N) is 1. The highest BCUT2D eigenvalue weighted by Gasteiger charge is 2.13. The van der Waals surface area contributed by atoms with Crippen LogP contribution in [0.1, 0.15) is 16.1 Å². The summed E-state index contributed by atoms with van der Waals surface area (Å²) in [6.45, 7) is 0.388. The van der Waals surface area contributed by atoms with Gasteiger partial charge in [-0.05, 0) is 24.3 Å². The largest absolute Gasteiger partial charge is 0.478 e. The molecule has 20 heavy (non-hydrogen) atoms. The van der Waals surface area contributed by atoms with Crippen molar-refractivity contribution in [3.8, 4) is 0 Å². The molecule has 2 heterocycles. The highest BCUT2D eigenvalue weighted by atomic mass is 16.4. The Balaban J connectivity index is 1.98. The number of furan rings is 1. The number of benzene rings is 1. The fraction of sp³-hybridized carbons (Fsp3) is 0.0667. The summed E-state index contributed by atoms with van der Waals surface area (Å²) in [6.07, 6.45) is 1.57. The lowest BCUT2D eigenvalue weighted by Crippen LogP contribution is -2.08. The molecule has 0 fully saturated rings. The zero-order chi connectivity index (χ0) is 13.9. The van der Waals surface area contributed by atoms with E-state index in [0.717, 1.165) is 16.7 Å². The summed E-state index contributed by atoms with van der Waals surface area (Å²) in [7, 11) is 0. The van der Waals surface area contributed by atoms with Crippen molar-refractivity contribution in [2.45, 2.75) is 6.54 Å². The number of rotatable bonds is 4. The number of hydrogen-bond donors (Lipinski definition) is 2. The van der Waals surface area contributed by atoms with E-state index in [2.05, 4.69) is 10.3 Å². The normalized spacial score (nSPS) is 10.6. The van der Waals surface area contributed by atoms with Gasteiger partial charge >= 0.3 is 5.97 Å². The number of hydrogen-bond acceptors (Lipinski definition) is 4. The molecule has 2 aromatic heterocycles. The van der Waals surface area contributed by atoms with E-state index in [4.69, 9.17) is 4.42 Å². The molecule has 0 atom stereocenters. The quantitative estimate of drug-likeness (QED) is 0.760. The standard InChI is InChI=1S/C15H12N2O3/c18-15(19)12-8-10-4-1-2-6-13(10)17-14(12)16-9-11-5-3-7-20-11/h1-8H,9H2,(H,16,17)(H,18,19). The van der Waals surface area contributed by atoms with E-state index in [0.29, 0.717) is 12.4 Å². The minimum absolute atomic E-state index is 0.148. The average Bonchev–Trinajstić information content (AvgIpc) is 2.97. The predicted octanol–water partition coefficient (Wildman–Crippen LogP) is 3.14. The van der Waals surface area contributed by atoms with Crippen molar-refractivity contribution in [1.82, 2.24) is 4.98 Å². The molecule has 0 saturated heterocycles. The molecule has 5 nitrogen and oxygen atoms in total. The monoisotopic (exact) mass is 268 g/mol. The summed E-state index contributed by atoms with van der Waals surface area (Å²) in [5.74, 6) is 0.0501. The van der Waals surface area contributed by atoms with Gasteiger partial charge in [-0.15, -0.1) is 0 Å². The maximum absolute atomic E-state index is 11.3. The second kappa shape index (κ2) is 5.05. The van der Waals surface area contributed by atoms with E-state index < -0.39 is 5.97 Å². The molecule has 0 aliphatic carbocycles. The van der Waals surface area contributed by atoms with Crippen molar-refractivity contribution in [3.05, 3.63) is 60.1 Å². The Kier molecular flexibility index (Phi) is 3.09. The van der Waals surface area contributed by atoms with Crippen molar-refractivity contribution < 1.29 is 14.3 Å². The van der Waals surface area contributed by atoms with Gasteiger partial charge in [0.15, 0.2) is 0 Å². The number of nitrogens with one attached hydrogen (secondary N) is 1. The number of para-hydroxylation sites is 1. The Morgan fingerprint density at radius 3 is 2.85 bits per heavy atom. The predicted molar refractivity (Wildman–Crippen MR) is 74.7 cm³/mol. The first kappa shape index (κ1) is 12.2. The lowest BCUT2D eigenvalue weighted by atomic mass is 10.1. The maximum Gasteiger partial charge on any atom is 0.339 e. The minimum Gasteiger partial charge on any atom is -0.478 e. The molecule has 2 N–H and O–H groups in total. The second-order valence-electron chi connectivity index (χ2n) is 4.32. The van der Waals surface area contributed by atoms with E-state index in [1.807, 2.05) is 30.3 Å². The molecule has 5 heteroatoms. The molecule has 0 saturated carbocycles. The summed E-state index contributed by atoms with van der Waals surface area (Å²) in [5.41, 5.74) is 0.898. The number of fused-ring (bicyclic) bond motifs is 1. The lowest BCUT2D eigenvalue weighted by molar-refractivity contribution is 0.0697. The fourth-order valence-corrected chi connectivity index (χ4v) is 2.00. The van der Waals surface area contributed by atoms with Crippen LogP contribution in [0.15, 0.2) is 53.1 Å². The summed E-state index contributed by atoms with van der Waals surface area (Å²) in [5, 5.41) is 13.1. The number of aromatic carboxylic acids is 1. The SMILES string of the molecule is O=C(O)c1cc2ccccc2nc1NCc1ccco1. The van der Waals surface area contributed by atoms with E-state index in [-0.39, 0.29) is 5.56 Å². The maximum atomic E-state index is 11.3. The number of pyridine rings is 1. The summed E-state index contributed by atoms with van der Waals surface area (Å²) in [6, 6.07) is 12.6. The molecule has 0 unspecified atom stereocenters. The molecule has 3 rings (SSSR count). The van der Waals surface area contributed by atoms with Crippen LogP contribution in [0, 0.1) is 0 Å². The Bertz CT molecular complexity index is 751. The molecule has 0 aliphatic heterocycles. The van der Waals surface area contributed by atoms with Crippen LogP contribution in [0.2, 0.25) is 0 Å². The Labute approximate surface area is 114 Å². The summed E-state index contributed by atoms with van der Waals surface area (Å²) in [4.78, 5) is 15.7. The highest BCUT2D eigenvalue weighted by Crippen LogP contribution is 2.21. The van der Waals surface area contributed by atoms with Crippen molar-refractivity contribution in [1.29, 1.82) is 0 Å².